The van der Waals surface area contributed by atoms with E-state index in [0.29, 0.717) is 64.6 Å². The molecule has 0 radical (unpaired) electrons. The molecular weight excluding hydrogens is 775 g/mol. The van der Waals surface area contributed by atoms with Gasteiger partial charge in [0.1, 0.15) is 23.4 Å². The Balaban J connectivity index is 0.777. The van der Waals surface area contributed by atoms with Crippen LogP contribution in [0.15, 0.2) is 53.6 Å². The van der Waals surface area contributed by atoms with Crippen LogP contribution in [0.3, 0.4) is 0 Å². The van der Waals surface area contributed by atoms with Gasteiger partial charge in [-0.1, -0.05) is 0 Å². The van der Waals surface area contributed by atoms with Gasteiger partial charge in [0.05, 0.1) is 38.3 Å². The van der Waals surface area contributed by atoms with Crippen LogP contribution in [0.1, 0.15) is 53.6 Å². The van der Waals surface area contributed by atoms with E-state index in [1.54, 1.807) is 31.4 Å². The smallest absolute Gasteiger partial charge is 0.282 e. The Morgan fingerprint density at radius 1 is 0.833 bits per heavy atom. The number of imide groups is 1. The third kappa shape index (κ3) is 7.78. The number of carbonyl (C=O) groups excluding carboxylic acids is 3. The standard InChI is InChI=1S/C44H50F2N8O6/c1-59-37-18-28(33-21-48-41(56)34-22-47-39(20-32(33)34)53-25-44(45,46)26-53)19-38(60-2)35(37)24-51-15-13-50(14-16-51)10-7-27-8-11-52(12-9-27)30-3-4-31-29(17-30)23-54(43(31)58)36-5-6-40(55)49-42(36)57/h3-4,17-22,27,36H,5-16,23-26H2,1-2H3,(H,48,56)(H,49,55,57). The van der Waals surface area contributed by atoms with Crippen molar-refractivity contribution in [2.75, 3.05) is 82.9 Å². The fourth-order valence-electron chi connectivity index (χ4n) is 9.52. The number of rotatable bonds is 11. The molecule has 4 aromatic rings. The van der Waals surface area contributed by atoms with Crippen LogP contribution in [0.4, 0.5) is 20.3 Å². The maximum absolute atomic E-state index is 13.7. The van der Waals surface area contributed by atoms with Crippen molar-refractivity contribution in [3.05, 3.63) is 75.8 Å². The number of H-pyrrole nitrogens is 1. The Morgan fingerprint density at radius 3 is 2.23 bits per heavy atom. The van der Waals surface area contributed by atoms with Crippen molar-refractivity contribution in [3.8, 4) is 22.6 Å². The summed E-state index contributed by atoms with van der Waals surface area (Å²) in [5.41, 5.74) is 4.79. The van der Waals surface area contributed by atoms with Crippen LogP contribution in [0.25, 0.3) is 21.9 Å². The maximum atomic E-state index is 13.7. The lowest BCUT2D eigenvalue weighted by Gasteiger charge is -2.39. The predicted molar refractivity (Wildman–Crippen MR) is 222 cm³/mol. The van der Waals surface area contributed by atoms with Gasteiger partial charge in [0.25, 0.3) is 17.4 Å². The van der Waals surface area contributed by atoms with E-state index in [4.69, 9.17) is 9.47 Å². The first-order valence-corrected chi connectivity index (χ1v) is 20.8. The Labute approximate surface area is 346 Å². The molecule has 3 amide bonds. The van der Waals surface area contributed by atoms with Crippen molar-refractivity contribution in [1.29, 1.82) is 0 Å². The third-order valence-electron chi connectivity index (χ3n) is 13.0. The average molecular weight is 825 g/mol. The summed E-state index contributed by atoms with van der Waals surface area (Å²) in [5, 5.41) is 3.35. The minimum absolute atomic E-state index is 0.145. The first kappa shape index (κ1) is 39.8. The summed E-state index contributed by atoms with van der Waals surface area (Å²) < 4.78 is 39.2. The molecule has 1 unspecified atom stereocenters. The summed E-state index contributed by atoms with van der Waals surface area (Å²) in [6.07, 6.45) is 7.05. The summed E-state index contributed by atoms with van der Waals surface area (Å²) in [6, 6.07) is 11.0. The van der Waals surface area contributed by atoms with Crippen LogP contribution in [0, 0.1) is 5.92 Å². The number of benzene rings is 2. The topological polar surface area (TPSA) is 144 Å². The molecule has 316 valence electrons. The maximum Gasteiger partial charge on any atom is 0.282 e. The fourth-order valence-corrected chi connectivity index (χ4v) is 9.52. The summed E-state index contributed by atoms with van der Waals surface area (Å²) in [7, 11) is 3.27. The number of nitrogens with one attached hydrogen (secondary N) is 2. The number of halogens is 2. The lowest BCUT2D eigenvalue weighted by atomic mass is 9.92. The van der Waals surface area contributed by atoms with Crippen molar-refractivity contribution < 1.29 is 32.6 Å². The molecule has 1 atom stereocenters. The number of hydrogen-bond donors (Lipinski definition) is 2. The number of aromatic nitrogens is 2. The number of amides is 3. The zero-order valence-electron chi connectivity index (χ0n) is 34.0. The van der Waals surface area contributed by atoms with Gasteiger partial charge in [0.2, 0.25) is 11.8 Å². The normalized spacial score (nSPS) is 21.3. The summed E-state index contributed by atoms with van der Waals surface area (Å²) in [5.74, 6) is -1.20. The highest BCUT2D eigenvalue weighted by Gasteiger charge is 2.44. The monoisotopic (exact) mass is 824 g/mol. The number of fused-ring (bicyclic) bond motifs is 2. The molecule has 0 aliphatic carbocycles. The molecule has 0 bridgehead atoms. The van der Waals surface area contributed by atoms with Crippen LogP contribution in [0.5, 0.6) is 11.5 Å². The Morgan fingerprint density at radius 2 is 1.55 bits per heavy atom. The minimum atomic E-state index is -2.75. The zero-order chi connectivity index (χ0) is 41.7. The SMILES string of the molecule is COc1cc(-c2c[nH]c(=O)c3cnc(N4CC(F)(F)C4)cc23)cc(OC)c1CN1CCN(CCC2CCN(c3ccc4c(c3)CN(C3CCC(=O)NC3=O)C4=O)CC2)CC1. The van der Waals surface area contributed by atoms with E-state index in [0.717, 1.165) is 87.5 Å². The van der Waals surface area contributed by atoms with Crippen LogP contribution in [0.2, 0.25) is 0 Å². The van der Waals surface area contributed by atoms with Crippen molar-refractivity contribution in [1.82, 2.24) is 30.0 Å². The first-order valence-electron chi connectivity index (χ1n) is 20.8. The Bertz CT molecular complexity index is 2360. The molecule has 5 aliphatic rings. The first-order chi connectivity index (χ1) is 29.0. The molecule has 2 aromatic heterocycles. The number of carbonyl (C=O) groups is 3. The molecular formula is C44H50F2N8O6. The number of piperidine rings is 2. The highest BCUT2D eigenvalue weighted by Crippen LogP contribution is 2.40. The second-order valence-electron chi connectivity index (χ2n) is 16.8. The highest BCUT2D eigenvalue weighted by atomic mass is 19.3. The van der Waals surface area contributed by atoms with Gasteiger partial charge in [-0.2, -0.15) is 0 Å². The molecule has 9 rings (SSSR count). The number of nitrogens with zero attached hydrogens (tertiary/aromatic N) is 6. The molecule has 4 fully saturated rings. The molecule has 14 nitrogen and oxygen atoms in total. The molecule has 0 spiro atoms. The van der Waals surface area contributed by atoms with Crippen molar-refractivity contribution in [3.63, 3.8) is 0 Å². The minimum Gasteiger partial charge on any atom is -0.496 e. The second kappa shape index (κ2) is 16.1. The van der Waals surface area contributed by atoms with Gasteiger partial charge >= 0.3 is 0 Å². The van der Waals surface area contributed by atoms with Gasteiger partial charge in [-0.05, 0) is 85.7 Å². The number of anilines is 2. The molecule has 5 aliphatic heterocycles. The highest BCUT2D eigenvalue weighted by molar-refractivity contribution is 6.05. The number of methoxy groups -OCH3 is 2. The van der Waals surface area contributed by atoms with Gasteiger partial charge in [-0.3, -0.25) is 29.4 Å². The Hall–Kier alpha value is -5.61. The quantitative estimate of drug-likeness (QED) is 0.210. The van der Waals surface area contributed by atoms with Gasteiger partial charge in [0.15, 0.2) is 0 Å². The van der Waals surface area contributed by atoms with E-state index in [2.05, 4.69) is 36.1 Å². The molecule has 2 aromatic carbocycles. The van der Waals surface area contributed by atoms with Crippen LogP contribution >= 0.6 is 0 Å². The van der Waals surface area contributed by atoms with E-state index < -0.39 is 31.0 Å². The van der Waals surface area contributed by atoms with E-state index in [9.17, 15) is 28.0 Å². The van der Waals surface area contributed by atoms with Gasteiger partial charge in [0, 0.05) is 93.4 Å². The molecule has 60 heavy (non-hydrogen) atoms. The van der Waals surface area contributed by atoms with E-state index in [-0.39, 0.29) is 23.8 Å². The third-order valence-corrected chi connectivity index (χ3v) is 13.0. The largest absolute Gasteiger partial charge is 0.496 e. The van der Waals surface area contributed by atoms with Crippen LogP contribution < -0.4 is 30.1 Å². The van der Waals surface area contributed by atoms with Crippen LogP contribution in [-0.4, -0.2) is 127 Å². The van der Waals surface area contributed by atoms with Crippen molar-refractivity contribution in [2.24, 2.45) is 5.92 Å². The number of piperazine rings is 1. The van der Waals surface area contributed by atoms with E-state index in [1.807, 2.05) is 24.3 Å². The summed E-state index contributed by atoms with van der Waals surface area (Å²) in [4.78, 5) is 67.6. The number of pyridine rings is 2. The van der Waals surface area contributed by atoms with Crippen molar-refractivity contribution in [2.45, 2.75) is 57.2 Å². The summed E-state index contributed by atoms with van der Waals surface area (Å²) in [6.45, 7) is 6.94. The number of aromatic amines is 1. The number of hydrogen-bond acceptors (Lipinski definition) is 11. The zero-order valence-corrected chi connectivity index (χ0v) is 34.0. The molecule has 4 saturated heterocycles. The van der Waals surface area contributed by atoms with Gasteiger partial charge < -0.3 is 34.1 Å². The van der Waals surface area contributed by atoms with Crippen molar-refractivity contribution >= 4 is 40.0 Å². The van der Waals surface area contributed by atoms with Gasteiger partial charge in [-0.15, -0.1) is 0 Å². The second-order valence-corrected chi connectivity index (χ2v) is 16.8. The predicted octanol–water partition coefficient (Wildman–Crippen LogP) is 4.25. The molecule has 16 heteroatoms. The fraction of sp³-hybridized carbons (Fsp3) is 0.477. The summed E-state index contributed by atoms with van der Waals surface area (Å²) >= 11 is 0. The molecule has 0 saturated carbocycles. The van der Waals surface area contributed by atoms with Crippen LogP contribution in [-0.2, 0) is 22.7 Å². The van der Waals surface area contributed by atoms with E-state index in [1.165, 1.54) is 11.1 Å². The lowest BCUT2D eigenvalue weighted by molar-refractivity contribution is -0.136. The van der Waals surface area contributed by atoms with Gasteiger partial charge in [-0.25, -0.2) is 13.8 Å². The average Bonchev–Trinajstić information content (AvgIpc) is 3.57. The molecule has 7 heterocycles. The number of alkyl halides is 2. The lowest BCUT2D eigenvalue weighted by Crippen LogP contribution is -2.56. The Kier molecular flexibility index (Phi) is 10.7. The molecule has 2 N–H and O–H groups in total. The number of ether oxygens (including phenoxy) is 2. The van der Waals surface area contributed by atoms with E-state index >= 15 is 0 Å².